The lowest BCUT2D eigenvalue weighted by Gasteiger charge is -2.10. The molecular weight excluding hydrogens is 120 g/mol. The standard InChI is InChI=1S/C5H12O2Si/c1-6-5(7-2)4-8-3/h5H,4H2,1-3H3. The Labute approximate surface area is 53.0 Å². The summed E-state index contributed by atoms with van der Waals surface area (Å²) in [5, 5.41) is 0. The molecule has 2 nitrogen and oxygen atoms in total. The number of hydrogen-bond donors (Lipinski definition) is 0. The number of ether oxygens (including phenoxy) is 2. The Morgan fingerprint density at radius 1 is 1.38 bits per heavy atom. The van der Waals surface area contributed by atoms with Crippen molar-refractivity contribution >= 4 is 9.52 Å². The summed E-state index contributed by atoms with van der Waals surface area (Å²) in [7, 11) is 4.22. The van der Waals surface area contributed by atoms with E-state index in [9.17, 15) is 0 Å². The molecule has 0 atom stereocenters. The SMILES string of the molecule is COC(C[Si]C)OC. The van der Waals surface area contributed by atoms with Crippen molar-refractivity contribution in [3.8, 4) is 0 Å². The summed E-state index contributed by atoms with van der Waals surface area (Å²) in [6.45, 7) is 2.13. The third-order valence-electron chi connectivity index (χ3n) is 0.897. The molecular formula is C5H12O2Si. The van der Waals surface area contributed by atoms with Crippen molar-refractivity contribution in [2.75, 3.05) is 14.2 Å². The highest BCUT2D eigenvalue weighted by atomic mass is 28.2. The third kappa shape index (κ3) is 3.18. The molecule has 0 unspecified atom stereocenters. The summed E-state index contributed by atoms with van der Waals surface area (Å²) in [5.41, 5.74) is 0. The second-order valence-corrected chi connectivity index (χ2v) is 2.57. The summed E-state index contributed by atoms with van der Waals surface area (Å²) < 4.78 is 9.85. The van der Waals surface area contributed by atoms with E-state index in [1.807, 2.05) is 0 Å². The lowest BCUT2D eigenvalue weighted by Crippen LogP contribution is -2.13. The van der Waals surface area contributed by atoms with Crippen molar-refractivity contribution in [3.05, 3.63) is 0 Å². The predicted molar refractivity (Wildman–Crippen MR) is 34.2 cm³/mol. The summed E-state index contributed by atoms with van der Waals surface area (Å²) in [5.74, 6) is 0. The summed E-state index contributed by atoms with van der Waals surface area (Å²) in [6, 6.07) is 1.01. The molecule has 0 bridgehead atoms. The molecule has 0 aliphatic heterocycles. The first kappa shape index (κ1) is 8.14. The lowest BCUT2D eigenvalue weighted by molar-refractivity contribution is -0.0875. The zero-order valence-corrected chi connectivity index (χ0v) is 6.60. The van der Waals surface area contributed by atoms with E-state index in [1.165, 1.54) is 0 Å². The van der Waals surface area contributed by atoms with E-state index in [2.05, 4.69) is 6.55 Å². The molecule has 0 heterocycles. The first-order valence-corrected chi connectivity index (χ1v) is 4.26. The van der Waals surface area contributed by atoms with Gasteiger partial charge in [0.15, 0.2) is 6.29 Å². The van der Waals surface area contributed by atoms with Crippen LogP contribution in [0.25, 0.3) is 0 Å². The molecule has 8 heavy (non-hydrogen) atoms. The number of rotatable bonds is 4. The monoisotopic (exact) mass is 132 g/mol. The van der Waals surface area contributed by atoms with Crippen LogP contribution in [0.15, 0.2) is 0 Å². The highest BCUT2D eigenvalue weighted by Crippen LogP contribution is 1.95. The zero-order chi connectivity index (χ0) is 6.41. The van der Waals surface area contributed by atoms with Crippen LogP contribution >= 0.6 is 0 Å². The van der Waals surface area contributed by atoms with Gasteiger partial charge in [0.1, 0.15) is 0 Å². The first-order chi connectivity index (χ1) is 3.85. The minimum Gasteiger partial charge on any atom is -0.356 e. The quantitative estimate of drug-likeness (QED) is 0.415. The molecule has 0 rings (SSSR count). The summed E-state index contributed by atoms with van der Waals surface area (Å²) >= 11 is 0. The van der Waals surface area contributed by atoms with Crippen molar-refractivity contribution in [2.24, 2.45) is 0 Å². The molecule has 0 spiro atoms. The van der Waals surface area contributed by atoms with Gasteiger partial charge >= 0.3 is 0 Å². The van der Waals surface area contributed by atoms with E-state index in [0.29, 0.717) is 0 Å². The average molecular weight is 132 g/mol. The Morgan fingerprint density at radius 2 is 1.88 bits per heavy atom. The van der Waals surface area contributed by atoms with E-state index in [0.717, 1.165) is 15.6 Å². The molecule has 0 amide bonds. The van der Waals surface area contributed by atoms with Crippen molar-refractivity contribution < 1.29 is 9.47 Å². The average Bonchev–Trinajstić information content (AvgIpc) is 1.83. The Balaban J connectivity index is 3.07. The highest BCUT2D eigenvalue weighted by Gasteiger charge is 2.00. The van der Waals surface area contributed by atoms with Gasteiger partial charge in [-0.25, -0.2) is 0 Å². The van der Waals surface area contributed by atoms with Crippen LogP contribution in [-0.4, -0.2) is 30.0 Å². The normalized spacial score (nSPS) is 10.5. The highest BCUT2D eigenvalue weighted by molar-refractivity contribution is 6.33. The van der Waals surface area contributed by atoms with Gasteiger partial charge in [-0.3, -0.25) is 0 Å². The van der Waals surface area contributed by atoms with Gasteiger partial charge in [-0.1, -0.05) is 6.55 Å². The predicted octanol–water partition coefficient (Wildman–Crippen LogP) is 0.776. The molecule has 0 saturated heterocycles. The molecule has 0 aliphatic rings. The molecule has 0 N–H and O–H groups in total. The van der Waals surface area contributed by atoms with Crippen LogP contribution in [0.4, 0.5) is 0 Å². The minimum absolute atomic E-state index is 0.0123. The van der Waals surface area contributed by atoms with Crippen LogP contribution in [0, 0.1) is 0 Å². The molecule has 0 aromatic carbocycles. The maximum atomic E-state index is 4.92. The fourth-order valence-electron chi connectivity index (χ4n) is 0.430. The molecule has 2 radical (unpaired) electrons. The topological polar surface area (TPSA) is 18.5 Å². The maximum absolute atomic E-state index is 4.92. The fraction of sp³-hybridized carbons (Fsp3) is 1.00. The molecule has 0 aromatic rings. The van der Waals surface area contributed by atoms with Gasteiger partial charge in [0.25, 0.3) is 0 Å². The van der Waals surface area contributed by atoms with E-state index < -0.39 is 0 Å². The molecule has 48 valence electrons. The van der Waals surface area contributed by atoms with Gasteiger partial charge < -0.3 is 9.47 Å². The van der Waals surface area contributed by atoms with Crippen LogP contribution in [-0.2, 0) is 9.47 Å². The van der Waals surface area contributed by atoms with Crippen LogP contribution in [0.2, 0.25) is 12.6 Å². The van der Waals surface area contributed by atoms with Crippen LogP contribution < -0.4 is 0 Å². The molecule has 0 aromatic heterocycles. The van der Waals surface area contributed by atoms with Crippen LogP contribution in [0.5, 0.6) is 0 Å². The maximum Gasteiger partial charge on any atom is 0.154 e. The Bertz CT molecular complexity index is 45.7. The van der Waals surface area contributed by atoms with Gasteiger partial charge in [-0.2, -0.15) is 0 Å². The van der Waals surface area contributed by atoms with Crippen LogP contribution in [0.3, 0.4) is 0 Å². The summed E-state index contributed by atoms with van der Waals surface area (Å²) in [4.78, 5) is 0. The zero-order valence-electron chi connectivity index (χ0n) is 5.60. The number of hydrogen-bond acceptors (Lipinski definition) is 2. The fourth-order valence-corrected chi connectivity index (χ4v) is 1.10. The van der Waals surface area contributed by atoms with Gasteiger partial charge in [-0.05, 0) is 6.04 Å². The van der Waals surface area contributed by atoms with Crippen molar-refractivity contribution in [1.82, 2.24) is 0 Å². The Kier molecular flexibility index (Phi) is 5.37. The second-order valence-electron chi connectivity index (χ2n) is 1.46. The van der Waals surface area contributed by atoms with E-state index >= 15 is 0 Å². The van der Waals surface area contributed by atoms with Crippen molar-refractivity contribution in [3.63, 3.8) is 0 Å². The second kappa shape index (κ2) is 5.28. The van der Waals surface area contributed by atoms with Crippen molar-refractivity contribution in [1.29, 1.82) is 0 Å². The van der Waals surface area contributed by atoms with Crippen LogP contribution in [0.1, 0.15) is 0 Å². The number of methoxy groups -OCH3 is 2. The summed E-state index contributed by atoms with van der Waals surface area (Å²) in [6.07, 6.45) is 0.0123. The van der Waals surface area contributed by atoms with Crippen molar-refractivity contribution in [2.45, 2.75) is 18.9 Å². The molecule has 0 saturated carbocycles. The molecule has 0 fully saturated rings. The first-order valence-electron chi connectivity index (χ1n) is 2.55. The van der Waals surface area contributed by atoms with E-state index in [-0.39, 0.29) is 6.29 Å². The lowest BCUT2D eigenvalue weighted by atomic mass is 10.7. The minimum atomic E-state index is 0.0123. The molecule has 0 aliphatic carbocycles. The molecule has 3 heteroatoms. The smallest absolute Gasteiger partial charge is 0.154 e. The van der Waals surface area contributed by atoms with Gasteiger partial charge in [-0.15, -0.1) is 0 Å². The third-order valence-corrected chi connectivity index (χ3v) is 1.64. The largest absolute Gasteiger partial charge is 0.356 e. The van der Waals surface area contributed by atoms with Gasteiger partial charge in [0, 0.05) is 23.7 Å². The Hall–Kier alpha value is 0.137. The van der Waals surface area contributed by atoms with E-state index in [4.69, 9.17) is 9.47 Å². The Morgan fingerprint density at radius 3 is 2.00 bits per heavy atom. The van der Waals surface area contributed by atoms with E-state index in [1.54, 1.807) is 14.2 Å². The van der Waals surface area contributed by atoms with Gasteiger partial charge in [0.05, 0.1) is 0 Å². The van der Waals surface area contributed by atoms with Gasteiger partial charge in [0.2, 0.25) is 0 Å².